The first-order chi connectivity index (χ1) is 11.9. The maximum Gasteiger partial charge on any atom is 0.262 e. The number of carbonyl (C=O) groups is 2. The quantitative estimate of drug-likeness (QED) is 0.633. The fourth-order valence-corrected chi connectivity index (χ4v) is 3.17. The number of benzene rings is 2. The molecule has 0 radical (unpaired) electrons. The van der Waals surface area contributed by atoms with Crippen LogP contribution in [-0.2, 0) is 9.59 Å². The number of carbonyl (C=O) groups excluding carboxylic acids is 2. The van der Waals surface area contributed by atoms with Crippen molar-refractivity contribution in [3.05, 3.63) is 50.9 Å². The summed E-state index contributed by atoms with van der Waals surface area (Å²) in [6.07, 6.45) is 0.395. The second-order valence-corrected chi connectivity index (χ2v) is 7.11. The Bertz CT molecular complexity index is 794. The molecule has 5 nitrogen and oxygen atoms in total. The minimum Gasteiger partial charge on any atom is -0.483 e. The molecule has 0 fully saturated rings. The number of halogens is 2. The Labute approximate surface area is 163 Å². The van der Waals surface area contributed by atoms with Gasteiger partial charge in [-0.25, -0.2) is 0 Å². The molecule has 2 aromatic rings. The lowest BCUT2D eigenvalue weighted by molar-refractivity contribution is -0.118. The molecule has 0 bridgehead atoms. The molecule has 0 unspecified atom stereocenters. The van der Waals surface area contributed by atoms with Crippen LogP contribution in [0.15, 0.2) is 45.3 Å². The number of aryl methyl sites for hydroxylation is 1. The van der Waals surface area contributed by atoms with E-state index in [9.17, 15) is 9.59 Å². The largest absolute Gasteiger partial charge is 0.483 e. The maximum atomic E-state index is 12.1. The van der Waals surface area contributed by atoms with Gasteiger partial charge in [-0.15, -0.1) is 0 Å². The average molecular weight is 470 g/mol. The standard InChI is InChI=1S/C18H18Br2N2O3/c1-3-17(23)22-15-9-13(6-4-11(15)2)21-18(24)10-25-16-7-5-12(19)8-14(16)20/h4-9H,3,10H2,1-2H3,(H,21,24)(H,22,23). The molecule has 2 aromatic carbocycles. The molecule has 0 aliphatic carbocycles. The lowest BCUT2D eigenvalue weighted by Crippen LogP contribution is -2.20. The van der Waals surface area contributed by atoms with Crippen molar-refractivity contribution in [2.45, 2.75) is 20.3 Å². The zero-order valence-corrected chi connectivity index (χ0v) is 17.0. The first-order valence-corrected chi connectivity index (χ1v) is 9.26. The summed E-state index contributed by atoms with van der Waals surface area (Å²) in [5.41, 5.74) is 2.21. The van der Waals surface area contributed by atoms with Crippen LogP contribution in [-0.4, -0.2) is 18.4 Å². The van der Waals surface area contributed by atoms with E-state index in [0.29, 0.717) is 23.5 Å². The van der Waals surface area contributed by atoms with Gasteiger partial charge in [0.15, 0.2) is 6.61 Å². The number of ether oxygens (including phenoxy) is 1. The van der Waals surface area contributed by atoms with Gasteiger partial charge < -0.3 is 15.4 Å². The fraction of sp³-hybridized carbons (Fsp3) is 0.222. The molecule has 132 valence electrons. The molecule has 7 heteroatoms. The van der Waals surface area contributed by atoms with E-state index in [2.05, 4.69) is 42.5 Å². The number of nitrogens with one attached hydrogen (secondary N) is 2. The van der Waals surface area contributed by atoms with Gasteiger partial charge in [-0.3, -0.25) is 9.59 Å². The zero-order valence-electron chi connectivity index (χ0n) is 13.9. The summed E-state index contributed by atoms with van der Waals surface area (Å²) < 4.78 is 7.19. The SMILES string of the molecule is CCC(=O)Nc1cc(NC(=O)COc2ccc(Br)cc2Br)ccc1C. The molecule has 0 spiro atoms. The summed E-state index contributed by atoms with van der Waals surface area (Å²) in [7, 11) is 0. The van der Waals surface area contributed by atoms with Crippen LogP contribution in [0.1, 0.15) is 18.9 Å². The van der Waals surface area contributed by atoms with Gasteiger partial charge in [0, 0.05) is 22.3 Å². The molecule has 0 saturated carbocycles. The topological polar surface area (TPSA) is 67.4 Å². The highest BCUT2D eigenvalue weighted by Crippen LogP contribution is 2.28. The van der Waals surface area contributed by atoms with Crippen LogP contribution in [0.2, 0.25) is 0 Å². The Morgan fingerprint density at radius 2 is 1.80 bits per heavy atom. The Hall–Kier alpha value is -1.86. The van der Waals surface area contributed by atoms with Crippen molar-refractivity contribution in [2.24, 2.45) is 0 Å². The van der Waals surface area contributed by atoms with Crippen LogP contribution in [0, 0.1) is 6.92 Å². The molecule has 2 rings (SSSR count). The van der Waals surface area contributed by atoms with Crippen molar-refractivity contribution in [1.29, 1.82) is 0 Å². The molecule has 0 atom stereocenters. The smallest absolute Gasteiger partial charge is 0.262 e. The predicted molar refractivity (Wildman–Crippen MR) is 106 cm³/mol. The second-order valence-electron chi connectivity index (χ2n) is 5.34. The zero-order chi connectivity index (χ0) is 18.4. The van der Waals surface area contributed by atoms with Gasteiger partial charge in [0.2, 0.25) is 5.91 Å². The van der Waals surface area contributed by atoms with E-state index in [4.69, 9.17) is 4.74 Å². The summed E-state index contributed by atoms with van der Waals surface area (Å²) in [6, 6.07) is 10.8. The lowest BCUT2D eigenvalue weighted by Gasteiger charge is -2.12. The van der Waals surface area contributed by atoms with E-state index < -0.39 is 0 Å². The molecule has 0 aliphatic heterocycles. The molecular formula is C18H18Br2N2O3. The molecule has 25 heavy (non-hydrogen) atoms. The fourth-order valence-electron chi connectivity index (χ4n) is 2.01. The van der Waals surface area contributed by atoms with E-state index in [0.717, 1.165) is 14.5 Å². The number of hydrogen-bond donors (Lipinski definition) is 2. The summed E-state index contributed by atoms with van der Waals surface area (Å²) in [5, 5.41) is 5.57. The van der Waals surface area contributed by atoms with Gasteiger partial charge in [0.1, 0.15) is 5.75 Å². The molecule has 0 aliphatic rings. The van der Waals surface area contributed by atoms with Crippen LogP contribution >= 0.6 is 31.9 Å². The van der Waals surface area contributed by atoms with Crippen LogP contribution in [0.3, 0.4) is 0 Å². The van der Waals surface area contributed by atoms with Crippen LogP contribution in [0.25, 0.3) is 0 Å². The van der Waals surface area contributed by atoms with Gasteiger partial charge in [-0.1, -0.05) is 28.9 Å². The van der Waals surface area contributed by atoms with Crippen molar-refractivity contribution in [1.82, 2.24) is 0 Å². The minimum atomic E-state index is -0.286. The van der Waals surface area contributed by atoms with Gasteiger partial charge in [0.05, 0.1) is 4.47 Å². The third-order valence-corrected chi connectivity index (χ3v) is 4.48. The second kappa shape index (κ2) is 9.01. The Balaban J connectivity index is 1.98. The normalized spacial score (nSPS) is 10.2. The van der Waals surface area contributed by atoms with E-state index in [-0.39, 0.29) is 18.4 Å². The summed E-state index contributed by atoms with van der Waals surface area (Å²) in [4.78, 5) is 23.6. The Kier molecular flexibility index (Phi) is 7.01. The maximum absolute atomic E-state index is 12.1. The van der Waals surface area contributed by atoms with Gasteiger partial charge in [-0.05, 0) is 58.7 Å². The van der Waals surface area contributed by atoms with Gasteiger partial charge in [0.25, 0.3) is 5.91 Å². The van der Waals surface area contributed by atoms with Crippen LogP contribution in [0.5, 0.6) is 5.75 Å². The first-order valence-electron chi connectivity index (χ1n) is 7.67. The van der Waals surface area contributed by atoms with Crippen LogP contribution in [0.4, 0.5) is 11.4 Å². The first kappa shape index (κ1) is 19.5. The summed E-state index contributed by atoms with van der Waals surface area (Å²) >= 11 is 6.74. The number of amides is 2. The van der Waals surface area contributed by atoms with E-state index in [1.54, 1.807) is 25.1 Å². The molecule has 0 heterocycles. The van der Waals surface area contributed by atoms with Crippen molar-refractivity contribution in [3.8, 4) is 5.75 Å². The molecule has 0 aromatic heterocycles. The lowest BCUT2D eigenvalue weighted by atomic mass is 10.1. The predicted octanol–water partition coefficient (Wildman–Crippen LogP) is 4.89. The number of hydrogen-bond acceptors (Lipinski definition) is 3. The monoisotopic (exact) mass is 468 g/mol. The molecule has 0 saturated heterocycles. The van der Waals surface area contributed by atoms with Gasteiger partial charge in [-0.2, -0.15) is 0 Å². The average Bonchev–Trinajstić information content (AvgIpc) is 2.57. The molecular weight excluding hydrogens is 452 g/mol. The van der Waals surface area contributed by atoms with E-state index >= 15 is 0 Å². The Morgan fingerprint density at radius 3 is 2.48 bits per heavy atom. The van der Waals surface area contributed by atoms with Crippen LogP contribution < -0.4 is 15.4 Å². The van der Waals surface area contributed by atoms with Crippen molar-refractivity contribution < 1.29 is 14.3 Å². The minimum absolute atomic E-state index is 0.0741. The van der Waals surface area contributed by atoms with Crippen molar-refractivity contribution >= 4 is 55.0 Å². The third-order valence-electron chi connectivity index (χ3n) is 3.37. The third kappa shape index (κ3) is 5.86. The highest BCUT2D eigenvalue weighted by atomic mass is 79.9. The molecule has 2 N–H and O–H groups in total. The Morgan fingerprint density at radius 1 is 1.04 bits per heavy atom. The van der Waals surface area contributed by atoms with Crippen molar-refractivity contribution in [2.75, 3.05) is 17.2 Å². The van der Waals surface area contributed by atoms with Crippen molar-refractivity contribution in [3.63, 3.8) is 0 Å². The number of rotatable bonds is 6. The van der Waals surface area contributed by atoms with Gasteiger partial charge >= 0.3 is 0 Å². The summed E-state index contributed by atoms with van der Waals surface area (Å²) in [6.45, 7) is 3.56. The number of anilines is 2. The summed E-state index contributed by atoms with van der Waals surface area (Å²) in [5.74, 6) is 0.222. The highest BCUT2D eigenvalue weighted by molar-refractivity contribution is 9.11. The highest BCUT2D eigenvalue weighted by Gasteiger charge is 2.09. The van der Waals surface area contributed by atoms with E-state index in [1.807, 2.05) is 25.1 Å². The molecule has 2 amide bonds. The van der Waals surface area contributed by atoms with E-state index in [1.165, 1.54) is 0 Å².